The lowest BCUT2D eigenvalue weighted by Crippen LogP contribution is -2.19. The van der Waals surface area contributed by atoms with Crippen molar-refractivity contribution in [1.29, 1.82) is 0 Å². The molecule has 3 rings (SSSR count). The first kappa shape index (κ1) is 14.3. The SMILES string of the molecule is CC(NCCCC1CC1)c1ccc(-c2ccccc2)cc1. The average Bonchev–Trinajstić information content (AvgIpc) is 3.37. The van der Waals surface area contributed by atoms with Crippen LogP contribution in [0.15, 0.2) is 54.6 Å². The molecule has 1 nitrogen and oxygen atoms in total. The van der Waals surface area contributed by atoms with E-state index in [1.54, 1.807) is 0 Å². The van der Waals surface area contributed by atoms with E-state index >= 15 is 0 Å². The molecule has 0 amide bonds. The number of rotatable bonds is 7. The number of benzene rings is 2. The van der Waals surface area contributed by atoms with E-state index in [4.69, 9.17) is 0 Å². The van der Waals surface area contributed by atoms with E-state index in [1.807, 2.05) is 0 Å². The third-order valence-electron chi connectivity index (χ3n) is 4.45. The summed E-state index contributed by atoms with van der Waals surface area (Å²) in [5, 5.41) is 3.64. The molecule has 21 heavy (non-hydrogen) atoms. The smallest absolute Gasteiger partial charge is 0.0291 e. The first-order valence-corrected chi connectivity index (χ1v) is 8.22. The molecule has 1 aliphatic carbocycles. The van der Waals surface area contributed by atoms with Crippen molar-refractivity contribution in [3.05, 3.63) is 60.2 Å². The Morgan fingerprint density at radius 1 is 0.952 bits per heavy atom. The summed E-state index contributed by atoms with van der Waals surface area (Å²) in [6.45, 7) is 3.40. The molecule has 1 atom stereocenters. The molecule has 0 bridgehead atoms. The average molecular weight is 279 g/mol. The fraction of sp³-hybridized carbons (Fsp3) is 0.400. The highest BCUT2D eigenvalue weighted by molar-refractivity contribution is 5.63. The maximum absolute atomic E-state index is 3.64. The molecule has 2 aromatic rings. The monoisotopic (exact) mass is 279 g/mol. The molecule has 0 radical (unpaired) electrons. The van der Waals surface area contributed by atoms with Gasteiger partial charge in [-0.25, -0.2) is 0 Å². The van der Waals surface area contributed by atoms with Crippen molar-refractivity contribution < 1.29 is 0 Å². The zero-order valence-electron chi connectivity index (χ0n) is 12.9. The van der Waals surface area contributed by atoms with Crippen molar-refractivity contribution in [3.8, 4) is 11.1 Å². The molecule has 0 aromatic heterocycles. The Hall–Kier alpha value is -1.60. The Balaban J connectivity index is 1.53. The van der Waals surface area contributed by atoms with E-state index in [-0.39, 0.29) is 0 Å². The summed E-state index contributed by atoms with van der Waals surface area (Å²) in [4.78, 5) is 0. The van der Waals surface area contributed by atoms with Crippen LogP contribution in [0.25, 0.3) is 11.1 Å². The van der Waals surface area contributed by atoms with Crippen molar-refractivity contribution in [3.63, 3.8) is 0 Å². The van der Waals surface area contributed by atoms with Gasteiger partial charge in [0.05, 0.1) is 0 Å². The summed E-state index contributed by atoms with van der Waals surface area (Å²) < 4.78 is 0. The van der Waals surface area contributed by atoms with E-state index in [9.17, 15) is 0 Å². The summed E-state index contributed by atoms with van der Waals surface area (Å²) in [5.41, 5.74) is 3.95. The molecule has 110 valence electrons. The lowest BCUT2D eigenvalue weighted by atomic mass is 10.0. The van der Waals surface area contributed by atoms with Gasteiger partial charge in [-0.2, -0.15) is 0 Å². The molecule has 0 saturated heterocycles. The molecule has 1 fully saturated rings. The predicted molar refractivity (Wildman–Crippen MR) is 90.3 cm³/mol. The van der Waals surface area contributed by atoms with Crippen molar-refractivity contribution in [2.45, 2.75) is 38.6 Å². The Labute approximate surface area is 128 Å². The largest absolute Gasteiger partial charge is 0.310 e. The van der Waals surface area contributed by atoms with Crippen LogP contribution in [0.2, 0.25) is 0 Å². The Bertz CT molecular complexity index is 540. The topological polar surface area (TPSA) is 12.0 Å². The second kappa shape index (κ2) is 6.91. The summed E-state index contributed by atoms with van der Waals surface area (Å²) >= 11 is 0. The second-order valence-corrected chi connectivity index (χ2v) is 6.25. The van der Waals surface area contributed by atoms with Gasteiger partial charge in [0.2, 0.25) is 0 Å². The van der Waals surface area contributed by atoms with Gasteiger partial charge in [0.15, 0.2) is 0 Å². The van der Waals surface area contributed by atoms with Gasteiger partial charge in [0.1, 0.15) is 0 Å². The molecule has 1 heteroatoms. The minimum atomic E-state index is 0.439. The lowest BCUT2D eigenvalue weighted by Gasteiger charge is -2.15. The number of nitrogens with one attached hydrogen (secondary N) is 1. The zero-order chi connectivity index (χ0) is 14.5. The predicted octanol–water partition coefficient (Wildman–Crippen LogP) is 5.19. The van der Waals surface area contributed by atoms with Crippen molar-refractivity contribution >= 4 is 0 Å². The molecule has 1 saturated carbocycles. The normalized spacial score (nSPS) is 15.9. The highest BCUT2D eigenvalue weighted by Gasteiger charge is 2.20. The molecule has 0 heterocycles. The highest BCUT2D eigenvalue weighted by Crippen LogP contribution is 2.33. The van der Waals surface area contributed by atoms with Gasteiger partial charge < -0.3 is 5.32 Å². The van der Waals surface area contributed by atoms with Crippen LogP contribution in [0.3, 0.4) is 0 Å². The van der Waals surface area contributed by atoms with Gasteiger partial charge in [-0.15, -0.1) is 0 Å². The van der Waals surface area contributed by atoms with E-state index in [0.29, 0.717) is 6.04 Å². The molecular formula is C20H25N. The van der Waals surface area contributed by atoms with E-state index in [0.717, 1.165) is 12.5 Å². The van der Waals surface area contributed by atoms with Crippen LogP contribution in [-0.4, -0.2) is 6.54 Å². The van der Waals surface area contributed by atoms with Crippen LogP contribution in [0.1, 0.15) is 44.2 Å². The van der Waals surface area contributed by atoms with Gasteiger partial charge in [-0.3, -0.25) is 0 Å². The van der Waals surface area contributed by atoms with E-state index in [1.165, 1.54) is 42.4 Å². The summed E-state index contributed by atoms with van der Waals surface area (Å²) in [7, 11) is 0. The molecule has 0 spiro atoms. The Morgan fingerprint density at radius 3 is 2.29 bits per heavy atom. The number of hydrogen-bond acceptors (Lipinski definition) is 1. The fourth-order valence-corrected chi connectivity index (χ4v) is 2.83. The number of hydrogen-bond donors (Lipinski definition) is 1. The van der Waals surface area contributed by atoms with Gasteiger partial charge in [0.25, 0.3) is 0 Å². The minimum Gasteiger partial charge on any atom is -0.310 e. The van der Waals surface area contributed by atoms with Gasteiger partial charge >= 0.3 is 0 Å². The standard InChI is InChI=1S/C20H25N/c1-16(21-15-5-6-17-9-10-17)18-11-13-20(14-12-18)19-7-3-2-4-8-19/h2-4,7-8,11-14,16-17,21H,5-6,9-10,15H2,1H3. The summed E-state index contributed by atoms with van der Waals surface area (Å²) in [6, 6.07) is 20.0. The quantitative estimate of drug-likeness (QED) is 0.687. The fourth-order valence-electron chi connectivity index (χ4n) is 2.83. The van der Waals surface area contributed by atoms with E-state index in [2.05, 4.69) is 66.8 Å². The van der Waals surface area contributed by atoms with Gasteiger partial charge in [0, 0.05) is 6.04 Å². The van der Waals surface area contributed by atoms with Gasteiger partial charge in [-0.05, 0) is 48.9 Å². The van der Waals surface area contributed by atoms with Crippen LogP contribution in [-0.2, 0) is 0 Å². The van der Waals surface area contributed by atoms with Crippen molar-refractivity contribution in [1.82, 2.24) is 5.32 Å². The summed E-state index contributed by atoms with van der Waals surface area (Å²) in [6.07, 6.45) is 5.66. The van der Waals surface area contributed by atoms with Crippen molar-refractivity contribution in [2.75, 3.05) is 6.54 Å². The minimum absolute atomic E-state index is 0.439. The molecular weight excluding hydrogens is 254 g/mol. The zero-order valence-corrected chi connectivity index (χ0v) is 12.9. The van der Waals surface area contributed by atoms with E-state index < -0.39 is 0 Å². The van der Waals surface area contributed by atoms with Crippen LogP contribution >= 0.6 is 0 Å². The third kappa shape index (κ3) is 4.18. The first-order valence-electron chi connectivity index (χ1n) is 8.22. The van der Waals surface area contributed by atoms with Crippen LogP contribution in [0, 0.1) is 5.92 Å². The maximum atomic E-state index is 3.64. The van der Waals surface area contributed by atoms with Crippen LogP contribution in [0.4, 0.5) is 0 Å². The molecule has 1 unspecified atom stereocenters. The Morgan fingerprint density at radius 2 is 1.62 bits per heavy atom. The van der Waals surface area contributed by atoms with Crippen LogP contribution < -0.4 is 5.32 Å². The van der Waals surface area contributed by atoms with Crippen molar-refractivity contribution in [2.24, 2.45) is 5.92 Å². The molecule has 1 N–H and O–H groups in total. The van der Waals surface area contributed by atoms with Crippen LogP contribution in [0.5, 0.6) is 0 Å². The maximum Gasteiger partial charge on any atom is 0.0291 e. The first-order chi connectivity index (χ1) is 10.3. The lowest BCUT2D eigenvalue weighted by molar-refractivity contribution is 0.533. The Kier molecular flexibility index (Phi) is 4.72. The second-order valence-electron chi connectivity index (χ2n) is 6.25. The third-order valence-corrected chi connectivity index (χ3v) is 4.45. The highest BCUT2D eigenvalue weighted by atomic mass is 14.9. The molecule has 0 aliphatic heterocycles. The molecule has 1 aliphatic rings. The summed E-state index contributed by atoms with van der Waals surface area (Å²) in [5.74, 6) is 1.05. The van der Waals surface area contributed by atoms with Gasteiger partial charge in [-0.1, -0.05) is 67.4 Å². The molecule has 2 aromatic carbocycles.